The highest BCUT2D eigenvalue weighted by Crippen LogP contribution is 2.36. The zero-order chi connectivity index (χ0) is 29.8. The van der Waals surface area contributed by atoms with Gasteiger partial charge < -0.3 is 9.32 Å². The summed E-state index contributed by atoms with van der Waals surface area (Å²) < 4.78 is 33.3. The van der Waals surface area contributed by atoms with Crippen molar-refractivity contribution in [2.45, 2.75) is 31.6 Å². The second-order valence-corrected chi connectivity index (χ2v) is 10.6. The van der Waals surface area contributed by atoms with Crippen molar-refractivity contribution in [2.75, 3.05) is 13.1 Å². The summed E-state index contributed by atoms with van der Waals surface area (Å²) in [5.41, 5.74) is 5.04. The van der Waals surface area contributed by atoms with E-state index >= 15 is 0 Å². The van der Waals surface area contributed by atoms with E-state index in [9.17, 15) is 18.4 Å². The number of allylic oxidation sites excluding steroid dienone is 1. The van der Waals surface area contributed by atoms with Gasteiger partial charge in [0, 0.05) is 91.8 Å². The lowest BCUT2D eigenvalue weighted by Crippen LogP contribution is -2.42. The van der Waals surface area contributed by atoms with Gasteiger partial charge >= 0.3 is 0 Å². The smallest absolute Gasteiger partial charge is 0.255 e. The Balaban J connectivity index is 1.24. The number of benzene rings is 1. The van der Waals surface area contributed by atoms with Crippen molar-refractivity contribution in [2.24, 2.45) is 0 Å². The summed E-state index contributed by atoms with van der Waals surface area (Å²) in [6.07, 6.45) is 11.7. The van der Waals surface area contributed by atoms with Crippen LogP contribution in [-0.4, -0.2) is 50.6 Å². The number of amides is 1. The molecule has 0 radical (unpaired) electrons. The predicted molar refractivity (Wildman–Crippen MR) is 159 cm³/mol. The van der Waals surface area contributed by atoms with Crippen LogP contribution in [0, 0.1) is 0 Å². The van der Waals surface area contributed by atoms with Crippen LogP contribution >= 0.6 is 0 Å². The molecule has 1 fully saturated rings. The fraction of sp³-hybridized carbons (Fsp3) is 0.206. The van der Waals surface area contributed by atoms with E-state index in [2.05, 4.69) is 15.0 Å². The summed E-state index contributed by atoms with van der Waals surface area (Å²) in [5.74, 6) is -2.36. The Morgan fingerprint density at radius 1 is 0.930 bits per heavy atom. The lowest BCUT2D eigenvalue weighted by Gasteiger charge is -2.31. The van der Waals surface area contributed by atoms with Gasteiger partial charge in [-0.1, -0.05) is 12.1 Å². The molecule has 216 valence electrons. The number of nitrogens with zero attached hydrogens (tertiary/aromatic N) is 4. The summed E-state index contributed by atoms with van der Waals surface area (Å²) in [6.45, 7) is 0.0435. The molecule has 1 amide bonds. The van der Waals surface area contributed by atoms with Gasteiger partial charge in [-0.3, -0.25) is 24.5 Å². The standard InChI is InChI=1S/C34H28F2N4O3/c35-34(36)11-15-40(16-12-34)33(42)25-6-10-31(39-22-25)26-17-27-18-29(9-8-28(41)7-5-23-3-1-13-37-20-23)43-32(27)30(19-26)24-4-2-14-38-21-24/h1-7,10,13-14,17-22H,8-9,11-12,15-16H2/b7-5+. The Morgan fingerprint density at radius 2 is 1.72 bits per heavy atom. The molecule has 1 saturated heterocycles. The van der Waals surface area contributed by atoms with Crippen LogP contribution in [0.1, 0.15) is 40.9 Å². The Labute approximate surface area is 246 Å². The first-order valence-corrected chi connectivity index (χ1v) is 14.1. The fourth-order valence-electron chi connectivity index (χ4n) is 5.12. The van der Waals surface area contributed by atoms with Gasteiger partial charge in [0.25, 0.3) is 11.8 Å². The molecule has 1 aliphatic heterocycles. The number of furan rings is 1. The number of halogens is 2. The van der Waals surface area contributed by atoms with Gasteiger partial charge in [-0.25, -0.2) is 8.78 Å². The molecule has 6 rings (SSSR count). The van der Waals surface area contributed by atoms with Crippen LogP contribution in [0.5, 0.6) is 0 Å². The number of rotatable bonds is 8. The molecule has 1 aromatic carbocycles. The Bertz CT molecular complexity index is 1780. The summed E-state index contributed by atoms with van der Waals surface area (Å²) in [4.78, 5) is 39.7. The molecule has 7 nitrogen and oxygen atoms in total. The second kappa shape index (κ2) is 12.1. The molecule has 1 aliphatic rings. The molecule has 0 bridgehead atoms. The van der Waals surface area contributed by atoms with Crippen LogP contribution in [0.3, 0.4) is 0 Å². The molecule has 43 heavy (non-hydrogen) atoms. The average molecular weight is 579 g/mol. The number of aromatic nitrogens is 3. The third kappa shape index (κ3) is 6.56. The van der Waals surface area contributed by atoms with Crippen LogP contribution in [0.2, 0.25) is 0 Å². The van der Waals surface area contributed by atoms with Crippen molar-refractivity contribution in [1.29, 1.82) is 0 Å². The minimum absolute atomic E-state index is 0.0189. The highest BCUT2D eigenvalue weighted by molar-refractivity contribution is 5.98. The lowest BCUT2D eigenvalue weighted by atomic mass is 9.99. The van der Waals surface area contributed by atoms with Crippen molar-refractivity contribution in [1.82, 2.24) is 19.9 Å². The number of likely N-dealkylation sites (tertiary alicyclic amines) is 1. The maximum absolute atomic E-state index is 13.5. The molecule has 0 spiro atoms. The van der Waals surface area contributed by atoms with Crippen molar-refractivity contribution < 1.29 is 22.8 Å². The third-order valence-corrected chi connectivity index (χ3v) is 7.49. The number of aryl methyl sites for hydroxylation is 1. The molecule has 5 heterocycles. The van der Waals surface area contributed by atoms with Gasteiger partial charge in [0.15, 0.2) is 5.78 Å². The lowest BCUT2D eigenvalue weighted by molar-refractivity contribution is -0.114. The largest absolute Gasteiger partial charge is 0.460 e. The third-order valence-electron chi connectivity index (χ3n) is 7.49. The number of hydrogen-bond donors (Lipinski definition) is 0. The number of fused-ring (bicyclic) bond motifs is 1. The van der Waals surface area contributed by atoms with E-state index < -0.39 is 5.92 Å². The molecule has 4 aromatic heterocycles. The highest BCUT2D eigenvalue weighted by atomic mass is 19.3. The second-order valence-electron chi connectivity index (χ2n) is 10.6. The van der Waals surface area contributed by atoms with Crippen molar-refractivity contribution >= 4 is 28.7 Å². The van der Waals surface area contributed by atoms with Crippen LogP contribution in [-0.2, 0) is 11.2 Å². The number of carbonyl (C=O) groups is 2. The van der Waals surface area contributed by atoms with Gasteiger partial charge in [-0.05, 0) is 60.2 Å². The summed E-state index contributed by atoms with van der Waals surface area (Å²) >= 11 is 0. The Morgan fingerprint density at radius 3 is 2.42 bits per heavy atom. The maximum atomic E-state index is 13.5. The topological polar surface area (TPSA) is 89.2 Å². The van der Waals surface area contributed by atoms with Crippen LogP contribution in [0.4, 0.5) is 8.78 Å². The number of alkyl halides is 2. The Kier molecular flexibility index (Phi) is 7.87. The number of carbonyl (C=O) groups excluding carboxylic acids is 2. The summed E-state index contributed by atoms with van der Waals surface area (Å²) in [5, 5.41) is 0.848. The number of piperidine rings is 1. The maximum Gasteiger partial charge on any atom is 0.255 e. The van der Waals surface area contributed by atoms with E-state index in [4.69, 9.17) is 4.42 Å². The van der Waals surface area contributed by atoms with Crippen LogP contribution in [0.15, 0.2) is 96.1 Å². The van der Waals surface area contributed by atoms with Crippen LogP contribution in [0.25, 0.3) is 39.4 Å². The normalized spacial score (nSPS) is 14.8. The molecule has 5 aromatic rings. The van der Waals surface area contributed by atoms with E-state index in [-0.39, 0.29) is 44.0 Å². The van der Waals surface area contributed by atoms with Gasteiger partial charge in [0.2, 0.25) is 0 Å². The first-order chi connectivity index (χ1) is 20.8. The molecular formula is C34H28F2N4O3. The van der Waals surface area contributed by atoms with Crippen molar-refractivity contribution in [3.8, 4) is 22.4 Å². The van der Waals surface area contributed by atoms with Crippen molar-refractivity contribution in [3.05, 3.63) is 109 Å². The zero-order valence-corrected chi connectivity index (χ0v) is 23.2. The van der Waals surface area contributed by atoms with E-state index in [0.29, 0.717) is 29.0 Å². The molecule has 9 heteroatoms. The minimum Gasteiger partial charge on any atom is -0.460 e. The highest BCUT2D eigenvalue weighted by Gasteiger charge is 2.35. The van der Waals surface area contributed by atoms with E-state index in [1.54, 1.807) is 49.1 Å². The first kappa shape index (κ1) is 28.1. The number of ketones is 1. The van der Waals surface area contributed by atoms with E-state index in [0.717, 1.165) is 27.6 Å². The zero-order valence-electron chi connectivity index (χ0n) is 23.2. The van der Waals surface area contributed by atoms with Gasteiger partial charge in [0.05, 0.1) is 11.3 Å². The van der Waals surface area contributed by atoms with Gasteiger partial charge in [-0.15, -0.1) is 0 Å². The van der Waals surface area contributed by atoms with Gasteiger partial charge in [0.1, 0.15) is 11.3 Å². The minimum atomic E-state index is -2.72. The quantitative estimate of drug-likeness (QED) is 0.184. The van der Waals surface area contributed by atoms with Crippen molar-refractivity contribution in [3.63, 3.8) is 0 Å². The predicted octanol–water partition coefficient (Wildman–Crippen LogP) is 7.04. The summed E-state index contributed by atoms with van der Waals surface area (Å²) in [7, 11) is 0. The van der Waals surface area contributed by atoms with E-state index in [1.165, 1.54) is 11.1 Å². The number of hydrogen-bond acceptors (Lipinski definition) is 6. The molecule has 0 aliphatic carbocycles. The number of pyridine rings is 3. The Hall–Kier alpha value is -5.05. The van der Waals surface area contributed by atoms with Crippen LogP contribution < -0.4 is 0 Å². The molecule has 0 saturated carbocycles. The molecule has 0 atom stereocenters. The monoisotopic (exact) mass is 578 g/mol. The fourth-order valence-corrected chi connectivity index (χ4v) is 5.12. The molecular weight excluding hydrogens is 550 g/mol. The molecule has 0 N–H and O–H groups in total. The SMILES string of the molecule is O=C(/C=C/c1cccnc1)CCc1cc2cc(-c3ccc(C(=O)N4CCC(F)(F)CC4)cn3)cc(-c3cccnc3)c2o1. The molecule has 0 unspecified atom stereocenters. The van der Waals surface area contributed by atoms with Gasteiger partial charge in [-0.2, -0.15) is 0 Å². The average Bonchev–Trinajstić information content (AvgIpc) is 3.46. The van der Waals surface area contributed by atoms with E-state index in [1.807, 2.05) is 42.5 Å². The summed E-state index contributed by atoms with van der Waals surface area (Å²) in [6, 6.07) is 16.8. The first-order valence-electron chi connectivity index (χ1n) is 14.1.